The molecule has 1 aromatic rings. The second kappa shape index (κ2) is 13.0. The van der Waals surface area contributed by atoms with Gasteiger partial charge in [0.15, 0.2) is 0 Å². The van der Waals surface area contributed by atoms with Crippen LogP contribution in [0.25, 0.3) is 0 Å². The molecule has 0 aromatic heterocycles. The standard InChI is InChI=1S/C14H18N2O4.C4H9NO2S/c17-13(18)12(10-11-4-2-1-3-5-11)15-14(19)16-6-8-20-9-7-16;1-8-2-3(5)4(6)7/h1-5,12H,6-10H2,(H,15,19)(H,17,18);3H,2,5H2,1H3,(H,6,7)/t12-;3-/m00/s1. The van der Waals surface area contributed by atoms with Crippen molar-refractivity contribution in [3.8, 4) is 0 Å². The van der Waals surface area contributed by atoms with Gasteiger partial charge in [0.1, 0.15) is 12.1 Å². The van der Waals surface area contributed by atoms with Crippen LogP contribution in [-0.4, -0.2) is 83.5 Å². The number of thioether (sulfide) groups is 1. The number of ether oxygens (including phenoxy) is 1. The Hall–Kier alpha value is -2.30. The quantitative estimate of drug-likeness (QED) is 0.506. The molecule has 1 fully saturated rings. The van der Waals surface area contributed by atoms with Gasteiger partial charge in [0.05, 0.1) is 13.2 Å². The van der Waals surface area contributed by atoms with Crippen LogP contribution in [0.2, 0.25) is 0 Å². The summed E-state index contributed by atoms with van der Waals surface area (Å²) >= 11 is 1.43. The average Bonchev–Trinajstić information content (AvgIpc) is 2.69. The highest BCUT2D eigenvalue weighted by molar-refractivity contribution is 7.98. The third kappa shape index (κ3) is 9.07. The first-order valence-corrected chi connectivity index (χ1v) is 10.1. The summed E-state index contributed by atoms with van der Waals surface area (Å²) in [6.45, 7) is 1.96. The Balaban J connectivity index is 0.000000416. The predicted octanol–water partition coefficient (Wildman–Crippen LogP) is 0.485. The molecule has 1 saturated heterocycles. The fourth-order valence-corrected chi connectivity index (χ4v) is 2.81. The van der Waals surface area contributed by atoms with Crippen LogP contribution in [0.1, 0.15) is 5.56 Å². The number of amides is 2. The number of morpholine rings is 1. The van der Waals surface area contributed by atoms with Crippen LogP contribution in [-0.2, 0) is 20.7 Å². The highest BCUT2D eigenvalue weighted by atomic mass is 32.2. The zero-order chi connectivity index (χ0) is 20.9. The number of nitrogens with two attached hydrogens (primary N) is 1. The van der Waals surface area contributed by atoms with E-state index in [9.17, 15) is 19.5 Å². The summed E-state index contributed by atoms with van der Waals surface area (Å²) in [5.41, 5.74) is 5.98. The summed E-state index contributed by atoms with van der Waals surface area (Å²) in [4.78, 5) is 34.8. The lowest BCUT2D eigenvalue weighted by atomic mass is 10.1. The minimum absolute atomic E-state index is 0.270. The third-order valence-electron chi connectivity index (χ3n) is 3.84. The van der Waals surface area contributed by atoms with Gasteiger partial charge in [-0.2, -0.15) is 11.8 Å². The van der Waals surface area contributed by atoms with Crippen molar-refractivity contribution >= 4 is 29.7 Å². The second-order valence-electron chi connectivity index (χ2n) is 6.03. The van der Waals surface area contributed by atoms with Gasteiger partial charge in [0, 0.05) is 25.3 Å². The molecule has 2 rings (SSSR count). The summed E-state index contributed by atoms with van der Waals surface area (Å²) < 4.78 is 5.16. The first-order valence-electron chi connectivity index (χ1n) is 8.72. The fourth-order valence-electron chi connectivity index (χ4n) is 2.31. The summed E-state index contributed by atoms with van der Waals surface area (Å²) in [6.07, 6.45) is 2.09. The lowest BCUT2D eigenvalue weighted by Crippen LogP contribution is -2.51. The maximum absolute atomic E-state index is 12.0. The molecule has 2 atom stereocenters. The smallest absolute Gasteiger partial charge is 0.326 e. The molecular weight excluding hydrogens is 386 g/mol. The number of aliphatic carboxylic acids is 2. The Morgan fingerprint density at radius 2 is 1.79 bits per heavy atom. The van der Waals surface area contributed by atoms with E-state index >= 15 is 0 Å². The van der Waals surface area contributed by atoms with Crippen LogP contribution in [0.15, 0.2) is 30.3 Å². The molecule has 10 heteroatoms. The van der Waals surface area contributed by atoms with Crippen LogP contribution in [0.3, 0.4) is 0 Å². The van der Waals surface area contributed by atoms with E-state index in [1.165, 1.54) is 11.8 Å². The first kappa shape index (κ1) is 23.7. The number of hydrogen-bond donors (Lipinski definition) is 4. The number of carboxylic acids is 2. The molecule has 5 N–H and O–H groups in total. The largest absolute Gasteiger partial charge is 0.480 e. The molecule has 1 aliphatic heterocycles. The molecular formula is C18H27N3O6S. The summed E-state index contributed by atoms with van der Waals surface area (Å²) in [7, 11) is 0. The zero-order valence-corrected chi connectivity index (χ0v) is 16.6. The molecule has 1 aliphatic rings. The van der Waals surface area contributed by atoms with E-state index in [2.05, 4.69) is 5.32 Å². The van der Waals surface area contributed by atoms with Crippen molar-refractivity contribution < 1.29 is 29.3 Å². The molecule has 28 heavy (non-hydrogen) atoms. The number of rotatable bonds is 7. The van der Waals surface area contributed by atoms with Crippen molar-refractivity contribution in [2.75, 3.05) is 38.3 Å². The van der Waals surface area contributed by atoms with Gasteiger partial charge in [-0.1, -0.05) is 30.3 Å². The van der Waals surface area contributed by atoms with Crippen molar-refractivity contribution in [3.05, 3.63) is 35.9 Å². The maximum atomic E-state index is 12.0. The third-order valence-corrected chi connectivity index (χ3v) is 4.53. The normalized spacial score (nSPS) is 15.6. The highest BCUT2D eigenvalue weighted by Gasteiger charge is 2.24. The maximum Gasteiger partial charge on any atom is 0.326 e. The second-order valence-corrected chi connectivity index (χ2v) is 6.94. The van der Waals surface area contributed by atoms with Gasteiger partial charge >= 0.3 is 18.0 Å². The lowest BCUT2D eigenvalue weighted by Gasteiger charge is -2.28. The Bertz CT molecular complexity index is 625. The van der Waals surface area contributed by atoms with Gasteiger partial charge in [0.25, 0.3) is 0 Å². The highest BCUT2D eigenvalue weighted by Crippen LogP contribution is 2.05. The van der Waals surface area contributed by atoms with Gasteiger partial charge in [-0.25, -0.2) is 9.59 Å². The van der Waals surface area contributed by atoms with Gasteiger partial charge in [-0.05, 0) is 11.8 Å². The monoisotopic (exact) mass is 413 g/mol. The first-order chi connectivity index (χ1) is 13.3. The van der Waals surface area contributed by atoms with Crippen LogP contribution in [0.4, 0.5) is 4.79 Å². The van der Waals surface area contributed by atoms with E-state index in [-0.39, 0.29) is 12.5 Å². The molecule has 0 radical (unpaired) electrons. The van der Waals surface area contributed by atoms with E-state index in [4.69, 9.17) is 15.6 Å². The lowest BCUT2D eigenvalue weighted by molar-refractivity contribution is -0.139. The topological polar surface area (TPSA) is 142 Å². The van der Waals surface area contributed by atoms with Crippen molar-refractivity contribution in [1.29, 1.82) is 0 Å². The number of carboxylic acid groups (broad SMARTS) is 2. The summed E-state index contributed by atoms with van der Waals surface area (Å²) in [5, 5.41) is 20.0. The summed E-state index contributed by atoms with van der Waals surface area (Å²) in [6, 6.07) is 7.27. The molecule has 9 nitrogen and oxygen atoms in total. The van der Waals surface area contributed by atoms with Gasteiger partial charge in [-0.3, -0.25) is 4.79 Å². The molecule has 0 spiro atoms. The number of urea groups is 1. The fraction of sp³-hybridized carbons (Fsp3) is 0.500. The molecule has 1 aromatic carbocycles. The van der Waals surface area contributed by atoms with Crippen LogP contribution >= 0.6 is 11.8 Å². The zero-order valence-electron chi connectivity index (χ0n) is 15.7. The molecule has 2 amide bonds. The van der Waals surface area contributed by atoms with Crippen molar-refractivity contribution in [2.45, 2.75) is 18.5 Å². The molecule has 0 unspecified atom stereocenters. The number of nitrogens with zero attached hydrogens (tertiary/aromatic N) is 1. The number of benzene rings is 1. The minimum Gasteiger partial charge on any atom is -0.480 e. The van der Waals surface area contributed by atoms with Crippen molar-refractivity contribution in [3.63, 3.8) is 0 Å². The van der Waals surface area contributed by atoms with Gasteiger partial charge in [0.2, 0.25) is 0 Å². The van der Waals surface area contributed by atoms with Crippen molar-refractivity contribution in [2.24, 2.45) is 5.73 Å². The summed E-state index contributed by atoms with van der Waals surface area (Å²) in [5.74, 6) is -1.48. The number of nitrogens with one attached hydrogen (secondary N) is 1. The number of carbonyl (C=O) groups is 3. The van der Waals surface area contributed by atoms with E-state index in [1.807, 2.05) is 36.6 Å². The van der Waals surface area contributed by atoms with Gasteiger partial charge < -0.3 is 30.9 Å². The van der Waals surface area contributed by atoms with E-state index in [0.717, 1.165) is 5.56 Å². The molecule has 156 valence electrons. The Kier molecular flexibility index (Phi) is 11.0. The van der Waals surface area contributed by atoms with Crippen LogP contribution < -0.4 is 11.1 Å². The van der Waals surface area contributed by atoms with E-state index < -0.39 is 24.0 Å². The number of hydrogen-bond acceptors (Lipinski definition) is 6. The van der Waals surface area contributed by atoms with Crippen LogP contribution in [0.5, 0.6) is 0 Å². The van der Waals surface area contributed by atoms with Gasteiger partial charge in [-0.15, -0.1) is 0 Å². The molecule has 1 heterocycles. The van der Waals surface area contributed by atoms with E-state index in [1.54, 1.807) is 4.90 Å². The Labute approximate surface area is 168 Å². The molecule has 0 saturated carbocycles. The minimum atomic E-state index is -1.03. The Morgan fingerprint density at radius 1 is 1.18 bits per heavy atom. The van der Waals surface area contributed by atoms with Crippen LogP contribution in [0, 0.1) is 0 Å². The predicted molar refractivity (Wildman–Crippen MR) is 106 cm³/mol. The number of carbonyl (C=O) groups excluding carboxylic acids is 1. The Morgan fingerprint density at radius 3 is 2.25 bits per heavy atom. The molecule has 0 bridgehead atoms. The van der Waals surface area contributed by atoms with E-state index in [0.29, 0.717) is 32.1 Å². The SMILES string of the molecule is CSC[C@H](N)C(=O)O.O=C(O)[C@H](Cc1ccccc1)NC(=O)N1CCOCC1. The molecule has 0 aliphatic carbocycles. The average molecular weight is 413 g/mol. The van der Waals surface area contributed by atoms with Crippen molar-refractivity contribution in [1.82, 2.24) is 10.2 Å².